The minimum absolute atomic E-state index is 0.0515. The molecule has 1 N–H and O–H groups in total. The SMILES string of the molecule is CC(CCO)N1C(=O)c2cccc3cccc(c23)C1=O. The summed E-state index contributed by atoms with van der Waals surface area (Å²) in [4.78, 5) is 26.4. The number of hydrogen-bond acceptors (Lipinski definition) is 3. The van der Waals surface area contributed by atoms with Crippen molar-refractivity contribution in [3.63, 3.8) is 0 Å². The van der Waals surface area contributed by atoms with Crippen LogP contribution in [0.4, 0.5) is 0 Å². The fourth-order valence-corrected chi connectivity index (χ4v) is 2.77. The number of aliphatic hydroxyl groups excluding tert-OH is 1. The molecule has 1 atom stereocenters. The lowest BCUT2D eigenvalue weighted by Crippen LogP contribution is -2.46. The van der Waals surface area contributed by atoms with E-state index >= 15 is 0 Å². The Morgan fingerprint density at radius 3 is 2.10 bits per heavy atom. The molecule has 4 heteroatoms. The molecule has 0 fully saturated rings. The van der Waals surface area contributed by atoms with Crippen LogP contribution < -0.4 is 0 Å². The maximum atomic E-state index is 12.6. The number of benzene rings is 2. The van der Waals surface area contributed by atoms with E-state index in [0.29, 0.717) is 17.5 Å². The van der Waals surface area contributed by atoms with Gasteiger partial charge in [-0.05, 0) is 30.9 Å². The molecule has 4 nitrogen and oxygen atoms in total. The fourth-order valence-electron chi connectivity index (χ4n) is 2.77. The van der Waals surface area contributed by atoms with Crippen molar-refractivity contribution in [3.8, 4) is 0 Å². The highest BCUT2D eigenvalue weighted by atomic mass is 16.3. The van der Waals surface area contributed by atoms with Gasteiger partial charge in [0.05, 0.1) is 0 Å². The number of nitrogens with zero attached hydrogens (tertiary/aromatic N) is 1. The zero-order valence-corrected chi connectivity index (χ0v) is 11.2. The standard InChI is InChI=1S/C16H15NO3/c1-10(8-9-18)17-15(19)12-6-2-4-11-5-3-7-13(14(11)12)16(17)20/h2-7,10,18H,8-9H2,1H3. The van der Waals surface area contributed by atoms with Crippen molar-refractivity contribution in [3.05, 3.63) is 47.5 Å². The Balaban J connectivity index is 2.21. The first-order chi connectivity index (χ1) is 9.65. The monoisotopic (exact) mass is 269 g/mol. The van der Waals surface area contributed by atoms with Gasteiger partial charge in [-0.25, -0.2) is 0 Å². The van der Waals surface area contributed by atoms with Crippen LogP contribution in [0.1, 0.15) is 34.1 Å². The van der Waals surface area contributed by atoms with Crippen molar-refractivity contribution in [2.45, 2.75) is 19.4 Å². The average Bonchev–Trinajstić information content (AvgIpc) is 2.45. The highest BCUT2D eigenvalue weighted by Gasteiger charge is 2.35. The molecule has 1 unspecified atom stereocenters. The summed E-state index contributed by atoms with van der Waals surface area (Å²) in [6.07, 6.45) is 0.385. The molecule has 2 aromatic carbocycles. The number of hydrogen-bond donors (Lipinski definition) is 1. The van der Waals surface area contributed by atoms with Crippen molar-refractivity contribution >= 4 is 22.6 Å². The predicted molar refractivity (Wildman–Crippen MR) is 75.6 cm³/mol. The second-order valence-corrected chi connectivity index (χ2v) is 5.05. The van der Waals surface area contributed by atoms with Crippen LogP contribution >= 0.6 is 0 Å². The molecule has 102 valence electrons. The van der Waals surface area contributed by atoms with Gasteiger partial charge in [-0.2, -0.15) is 0 Å². The third-order valence-corrected chi connectivity index (χ3v) is 3.79. The summed E-state index contributed by atoms with van der Waals surface area (Å²) >= 11 is 0. The van der Waals surface area contributed by atoms with Crippen LogP contribution in [0.5, 0.6) is 0 Å². The van der Waals surface area contributed by atoms with Gasteiger partial charge in [0.1, 0.15) is 0 Å². The summed E-state index contributed by atoms with van der Waals surface area (Å²) in [7, 11) is 0. The number of amides is 2. The van der Waals surface area contributed by atoms with Gasteiger partial charge in [-0.1, -0.05) is 24.3 Å². The van der Waals surface area contributed by atoms with Crippen molar-refractivity contribution < 1.29 is 14.7 Å². The Morgan fingerprint density at radius 1 is 1.05 bits per heavy atom. The number of carbonyl (C=O) groups is 2. The van der Waals surface area contributed by atoms with Crippen molar-refractivity contribution in [2.75, 3.05) is 6.61 Å². The first-order valence-corrected chi connectivity index (χ1v) is 6.65. The van der Waals surface area contributed by atoms with Gasteiger partial charge >= 0.3 is 0 Å². The lowest BCUT2D eigenvalue weighted by molar-refractivity contribution is 0.0531. The zero-order chi connectivity index (χ0) is 14.3. The quantitative estimate of drug-likeness (QED) is 0.869. The Morgan fingerprint density at radius 2 is 1.60 bits per heavy atom. The third kappa shape index (κ3) is 1.72. The number of aliphatic hydroxyl groups is 1. The molecule has 2 aromatic rings. The molecule has 20 heavy (non-hydrogen) atoms. The van der Waals surface area contributed by atoms with Crippen LogP contribution in [0.2, 0.25) is 0 Å². The molecule has 1 aliphatic heterocycles. The summed E-state index contributed by atoms with van der Waals surface area (Å²) in [6.45, 7) is 1.73. The Kier molecular flexibility index (Phi) is 3.03. The van der Waals surface area contributed by atoms with Crippen LogP contribution in [-0.4, -0.2) is 34.5 Å². The topological polar surface area (TPSA) is 57.6 Å². The predicted octanol–water partition coefficient (Wildman–Crippen LogP) is 2.21. The maximum Gasteiger partial charge on any atom is 0.261 e. The molecule has 0 aromatic heterocycles. The second kappa shape index (κ2) is 4.72. The molecular formula is C16H15NO3. The highest BCUT2D eigenvalue weighted by Crippen LogP contribution is 2.31. The molecule has 0 radical (unpaired) electrons. The van der Waals surface area contributed by atoms with E-state index in [9.17, 15) is 9.59 Å². The van der Waals surface area contributed by atoms with E-state index in [-0.39, 0.29) is 24.5 Å². The van der Waals surface area contributed by atoms with Crippen LogP contribution in [0.3, 0.4) is 0 Å². The minimum Gasteiger partial charge on any atom is -0.396 e. The molecule has 1 heterocycles. The van der Waals surface area contributed by atoms with Gasteiger partial charge in [0.25, 0.3) is 11.8 Å². The van der Waals surface area contributed by atoms with Gasteiger partial charge in [-0.3, -0.25) is 14.5 Å². The van der Waals surface area contributed by atoms with E-state index in [0.717, 1.165) is 10.8 Å². The maximum absolute atomic E-state index is 12.6. The van der Waals surface area contributed by atoms with Gasteiger partial charge in [0, 0.05) is 29.2 Å². The van der Waals surface area contributed by atoms with E-state index in [1.807, 2.05) is 24.3 Å². The Hall–Kier alpha value is -2.20. The average molecular weight is 269 g/mol. The van der Waals surface area contributed by atoms with Crippen LogP contribution in [0, 0.1) is 0 Å². The number of rotatable bonds is 3. The summed E-state index contributed by atoms with van der Waals surface area (Å²) in [5, 5.41) is 10.7. The van der Waals surface area contributed by atoms with E-state index in [1.54, 1.807) is 19.1 Å². The zero-order valence-electron chi connectivity index (χ0n) is 11.2. The van der Waals surface area contributed by atoms with E-state index in [2.05, 4.69) is 0 Å². The number of imide groups is 1. The molecule has 2 amide bonds. The smallest absolute Gasteiger partial charge is 0.261 e. The Labute approximate surface area is 116 Å². The molecule has 0 spiro atoms. The van der Waals surface area contributed by atoms with Crippen LogP contribution in [0.25, 0.3) is 10.8 Å². The van der Waals surface area contributed by atoms with E-state index < -0.39 is 0 Å². The van der Waals surface area contributed by atoms with E-state index in [1.165, 1.54) is 4.90 Å². The lowest BCUT2D eigenvalue weighted by Gasteiger charge is -2.31. The summed E-state index contributed by atoms with van der Waals surface area (Å²) < 4.78 is 0. The molecule has 0 saturated heterocycles. The normalized spacial score (nSPS) is 15.8. The van der Waals surface area contributed by atoms with Gasteiger partial charge < -0.3 is 5.11 Å². The van der Waals surface area contributed by atoms with Crippen molar-refractivity contribution in [1.29, 1.82) is 0 Å². The summed E-state index contributed by atoms with van der Waals surface area (Å²) in [6, 6.07) is 10.6. The first-order valence-electron chi connectivity index (χ1n) is 6.65. The van der Waals surface area contributed by atoms with E-state index in [4.69, 9.17) is 5.11 Å². The Bertz CT molecular complexity index is 657. The summed E-state index contributed by atoms with van der Waals surface area (Å²) in [5.41, 5.74) is 1.12. The third-order valence-electron chi connectivity index (χ3n) is 3.79. The molecule has 3 rings (SSSR count). The first kappa shape index (κ1) is 12.8. The molecule has 0 bridgehead atoms. The van der Waals surface area contributed by atoms with Gasteiger partial charge in [0.15, 0.2) is 0 Å². The number of carbonyl (C=O) groups excluding carboxylic acids is 2. The second-order valence-electron chi connectivity index (χ2n) is 5.05. The lowest BCUT2D eigenvalue weighted by atomic mass is 9.93. The minimum atomic E-state index is -0.316. The molecular weight excluding hydrogens is 254 g/mol. The molecule has 0 saturated carbocycles. The molecule has 0 aliphatic carbocycles. The van der Waals surface area contributed by atoms with Crippen molar-refractivity contribution in [2.24, 2.45) is 0 Å². The van der Waals surface area contributed by atoms with Gasteiger partial charge in [-0.15, -0.1) is 0 Å². The fraction of sp³-hybridized carbons (Fsp3) is 0.250. The largest absolute Gasteiger partial charge is 0.396 e. The van der Waals surface area contributed by atoms with Crippen LogP contribution in [-0.2, 0) is 0 Å². The molecule has 1 aliphatic rings. The highest BCUT2D eigenvalue weighted by molar-refractivity contribution is 6.25. The summed E-state index contributed by atoms with van der Waals surface area (Å²) in [5.74, 6) is -0.555. The van der Waals surface area contributed by atoms with Crippen LogP contribution in [0.15, 0.2) is 36.4 Å². The van der Waals surface area contributed by atoms with Crippen molar-refractivity contribution in [1.82, 2.24) is 4.90 Å². The van der Waals surface area contributed by atoms with Gasteiger partial charge in [0.2, 0.25) is 0 Å².